The van der Waals surface area contributed by atoms with E-state index < -0.39 is 0 Å². The Morgan fingerprint density at radius 2 is 1.84 bits per heavy atom. The summed E-state index contributed by atoms with van der Waals surface area (Å²) in [5.74, 6) is 1.91. The van der Waals surface area contributed by atoms with Crippen molar-refractivity contribution in [3.8, 4) is 5.75 Å². The molecule has 25 heavy (non-hydrogen) atoms. The lowest BCUT2D eigenvalue weighted by Crippen LogP contribution is -2.48. The van der Waals surface area contributed by atoms with Gasteiger partial charge < -0.3 is 9.64 Å². The van der Waals surface area contributed by atoms with Crippen molar-refractivity contribution in [2.45, 2.75) is 39.3 Å². The number of hydrogen-bond acceptors (Lipinski definition) is 6. The number of benzene rings is 1. The van der Waals surface area contributed by atoms with Crippen molar-refractivity contribution in [2.24, 2.45) is 0 Å². The molecule has 0 bridgehead atoms. The quantitative estimate of drug-likeness (QED) is 0.803. The maximum atomic E-state index is 5.51. The summed E-state index contributed by atoms with van der Waals surface area (Å²) < 4.78 is 7.46. The van der Waals surface area contributed by atoms with Crippen LogP contribution in [-0.2, 0) is 0 Å². The SMILES string of the molecule is CCC(c1nnnn1C(C)C)N1CCN(c2ccccc2OC)CC1. The van der Waals surface area contributed by atoms with E-state index in [1.54, 1.807) is 7.11 Å². The molecule has 0 amide bonds. The number of rotatable bonds is 6. The van der Waals surface area contributed by atoms with Crippen LogP contribution in [0.2, 0.25) is 0 Å². The van der Waals surface area contributed by atoms with Crippen LogP contribution in [0.1, 0.15) is 45.1 Å². The van der Waals surface area contributed by atoms with E-state index in [4.69, 9.17) is 4.74 Å². The molecule has 0 N–H and O–H groups in total. The molecule has 2 heterocycles. The van der Waals surface area contributed by atoms with Crippen molar-refractivity contribution in [2.75, 3.05) is 38.2 Å². The highest BCUT2D eigenvalue weighted by molar-refractivity contribution is 5.58. The third-order valence-electron chi connectivity index (χ3n) is 4.87. The van der Waals surface area contributed by atoms with E-state index in [1.165, 1.54) is 5.69 Å². The standard InChI is InChI=1S/C18H28N6O/c1-5-15(18-19-20-21-24(18)14(2)3)22-10-12-23(13-11-22)16-8-6-7-9-17(16)25-4/h6-9,14-15H,5,10-13H2,1-4H3. The number of hydrogen-bond donors (Lipinski definition) is 0. The van der Waals surface area contributed by atoms with Gasteiger partial charge in [-0.15, -0.1) is 5.10 Å². The average molecular weight is 344 g/mol. The van der Waals surface area contributed by atoms with Crippen LogP contribution in [-0.4, -0.2) is 58.4 Å². The van der Waals surface area contributed by atoms with Gasteiger partial charge in [0.05, 0.1) is 24.9 Å². The van der Waals surface area contributed by atoms with Gasteiger partial charge in [0.15, 0.2) is 5.82 Å². The molecule has 1 saturated heterocycles. The van der Waals surface area contributed by atoms with Crippen LogP contribution in [0.15, 0.2) is 24.3 Å². The summed E-state index contributed by atoms with van der Waals surface area (Å²) in [4.78, 5) is 4.89. The zero-order valence-corrected chi connectivity index (χ0v) is 15.6. The Kier molecular flexibility index (Phi) is 5.53. The minimum atomic E-state index is 0.261. The Balaban J connectivity index is 1.71. The van der Waals surface area contributed by atoms with Gasteiger partial charge in [-0.2, -0.15) is 0 Å². The van der Waals surface area contributed by atoms with E-state index >= 15 is 0 Å². The van der Waals surface area contributed by atoms with Gasteiger partial charge in [0.1, 0.15) is 5.75 Å². The van der Waals surface area contributed by atoms with E-state index in [0.717, 1.165) is 44.2 Å². The predicted octanol–water partition coefficient (Wildman–Crippen LogP) is 2.54. The van der Waals surface area contributed by atoms with Gasteiger partial charge in [0.25, 0.3) is 0 Å². The largest absolute Gasteiger partial charge is 0.495 e. The van der Waals surface area contributed by atoms with Crippen LogP contribution in [0.25, 0.3) is 0 Å². The first kappa shape index (κ1) is 17.7. The number of tetrazole rings is 1. The van der Waals surface area contributed by atoms with Crippen LogP contribution in [0.3, 0.4) is 0 Å². The molecule has 1 aliphatic rings. The Hall–Kier alpha value is -2.15. The molecule has 0 radical (unpaired) electrons. The number of aromatic nitrogens is 4. The lowest BCUT2D eigenvalue weighted by atomic mass is 10.1. The highest BCUT2D eigenvalue weighted by Crippen LogP contribution is 2.30. The van der Waals surface area contributed by atoms with Crippen molar-refractivity contribution in [3.63, 3.8) is 0 Å². The first-order chi connectivity index (χ1) is 12.2. The van der Waals surface area contributed by atoms with Crippen LogP contribution in [0.4, 0.5) is 5.69 Å². The number of ether oxygens (including phenoxy) is 1. The van der Waals surface area contributed by atoms with Gasteiger partial charge in [-0.3, -0.25) is 4.90 Å². The molecule has 0 aliphatic carbocycles. The Morgan fingerprint density at radius 1 is 1.12 bits per heavy atom. The van der Waals surface area contributed by atoms with Gasteiger partial charge in [-0.1, -0.05) is 19.1 Å². The first-order valence-corrected chi connectivity index (χ1v) is 9.05. The van der Waals surface area contributed by atoms with E-state index in [-0.39, 0.29) is 12.1 Å². The monoisotopic (exact) mass is 344 g/mol. The maximum absolute atomic E-state index is 5.51. The van der Waals surface area contributed by atoms with E-state index in [9.17, 15) is 0 Å². The molecule has 1 unspecified atom stereocenters. The smallest absolute Gasteiger partial charge is 0.168 e. The Bertz CT molecular complexity index is 678. The molecule has 1 aromatic heterocycles. The summed E-state index contributed by atoms with van der Waals surface area (Å²) in [5, 5.41) is 12.4. The highest BCUT2D eigenvalue weighted by atomic mass is 16.5. The number of nitrogens with zero attached hydrogens (tertiary/aromatic N) is 6. The van der Waals surface area contributed by atoms with Crippen LogP contribution in [0.5, 0.6) is 5.75 Å². The molecular formula is C18H28N6O. The number of anilines is 1. The number of piperazine rings is 1. The predicted molar refractivity (Wildman–Crippen MR) is 98.0 cm³/mol. The van der Waals surface area contributed by atoms with Gasteiger partial charge in [0.2, 0.25) is 0 Å². The fraction of sp³-hybridized carbons (Fsp3) is 0.611. The van der Waals surface area contributed by atoms with Crippen LogP contribution in [0, 0.1) is 0 Å². The van der Waals surface area contributed by atoms with Crippen molar-refractivity contribution in [1.29, 1.82) is 0 Å². The molecule has 1 fully saturated rings. The van der Waals surface area contributed by atoms with E-state index in [2.05, 4.69) is 58.2 Å². The molecule has 1 atom stereocenters. The third-order valence-corrected chi connectivity index (χ3v) is 4.87. The Morgan fingerprint density at radius 3 is 2.48 bits per heavy atom. The van der Waals surface area contributed by atoms with Crippen molar-refractivity contribution >= 4 is 5.69 Å². The minimum Gasteiger partial charge on any atom is -0.495 e. The molecule has 0 saturated carbocycles. The number of para-hydroxylation sites is 2. The van der Waals surface area contributed by atoms with Crippen LogP contribution >= 0.6 is 0 Å². The zero-order chi connectivity index (χ0) is 17.8. The lowest BCUT2D eigenvalue weighted by Gasteiger charge is -2.39. The fourth-order valence-corrected chi connectivity index (χ4v) is 3.56. The zero-order valence-electron chi connectivity index (χ0n) is 15.6. The topological polar surface area (TPSA) is 59.3 Å². The summed E-state index contributed by atoms with van der Waals surface area (Å²) in [6.45, 7) is 10.4. The van der Waals surface area contributed by atoms with E-state index in [0.29, 0.717) is 0 Å². The Labute approximate surface area is 149 Å². The van der Waals surface area contributed by atoms with Crippen molar-refractivity contribution < 1.29 is 4.74 Å². The van der Waals surface area contributed by atoms with Crippen LogP contribution < -0.4 is 9.64 Å². The molecular weight excluding hydrogens is 316 g/mol. The van der Waals surface area contributed by atoms with Crippen molar-refractivity contribution in [3.05, 3.63) is 30.1 Å². The molecule has 3 rings (SSSR count). The molecule has 1 aliphatic heterocycles. The number of methoxy groups -OCH3 is 1. The van der Waals surface area contributed by atoms with Crippen molar-refractivity contribution in [1.82, 2.24) is 25.1 Å². The minimum absolute atomic E-state index is 0.261. The molecule has 2 aromatic rings. The molecule has 136 valence electrons. The molecule has 1 aromatic carbocycles. The normalized spacial score (nSPS) is 17.1. The third kappa shape index (κ3) is 3.61. The average Bonchev–Trinajstić information content (AvgIpc) is 3.13. The summed E-state index contributed by atoms with van der Waals surface area (Å²) in [6.07, 6.45) is 1.00. The van der Waals surface area contributed by atoms with Gasteiger partial charge in [0, 0.05) is 26.2 Å². The molecule has 7 heteroatoms. The first-order valence-electron chi connectivity index (χ1n) is 9.05. The van der Waals surface area contributed by atoms with Gasteiger partial charge in [-0.25, -0.2) is 4.68 Å². The second-order valence-corrected chi connectivity index (χ2v) is 6.69. The second-order valence-electron chi connectivity index (χ2n) is 6.69. The summed E-state index contributed by atoms with van der Waals surface area (Å²) in [6, 6.07) is 8.76. The molecule has 0 spiro atoms. The summed E-state index contributed by atoms with van der Waals surface area (Å²) >= 11 is 0. The molecule has 7 nitrogen and oxygen atoms in total. The maximum Gasteiger partial charge on any atom is 0.168 e. The second kappa shape index (κ2) is 7.82. The van der Waals surface area contributed by atoms with Gasteiger partial charge >= 0.3 is 0 Å². The van der Waals surface area contributed by atoms with E-state index in [1.807, 2.05) is 16.8 Å². The fourth-order valence-electron chi connectivity index (χ4n) is 3.56. The summed E-state index contributed by atoms with van der Waals surface area (Å²) in [5.41, 5.74) is 1.17. The lowest BCUT2D eigenvalue weighted by molar-refractivity contribution is 0.167. The van der Waals surface area contributed by atoms with Gasteiger partial charge in [-0.05, 0) is 42.8 Å². The summed E-state index contributed by atoms with van der Waals surface area (Å²) in [7, 11) is 1.73. The highest BCUT2D eigenvalue weighted by Gasteiger charge is 2.29.